The molecule has 0 fully saturated rings. The monoisotopic (exact) mass is 330 g/mol. The van der Waals surface area contributed by atoms with Crippen LogP contribution in [0, 0.1) is 21.4 Å². The molecule has 0 heterocycles. The second kappa shape index (κ2) is 7.42. The lowest BCUT2D eigenvalue weighted by Gasteiger charge is -2.05. The van der Waals surface area contributed by atoms with Crippen LogP contribution in [-0.2, 0) is 9.53 Å². The minimum atomic E-state index is -0.906. The number of anilines is 1. The standard InChI is InChI=1S/C11H8Cl2N4O4/c1-2-21-11(18)9(5-14)16-15-8-3-7(13)10(17(19)20)4-6(8)12/h3-4,15H,2H2,1H3/b16-9+. The first-order chi connectivity index (χ1) is 9.90. The number of nitro groups is 1. The van der Waals surface area contributed by atoms with Gasteiger partial charge in [0.15, 0.2) is 0 Å². The van der Waals surface area contributed by atoms with E-state index < -0.39 is 16.6 Å². The second-order valence-corrected chi connectivity index (χ2v) is 4.26. The lowest BCUT2D eigenvalue weighted by atomic mass is 10.3. The van der Waals surface area contributed by atoms with E-state index in [-0.39, 0.29) is 28.0 Å². The van der Waals surface area contributed by atoms with Crippen molar-refractivity contribution in [2.75, 3.05) is 12.0 Å². The predicted octanol–water partition coefficient (Wildman–Crippen LogP) is 2.76. The number of hydrogen-bond acceptors (Lipinski definition) is 7. The van der Waals surface area contributed by atoms with Crippen molar-refractivity contribution in [2.45, 2.75) is 6.92 Å². The molecular formula is C11H8Cl2N4O4. The number of nitrogens with zero attached hydrogens (tertiary/aromatic N) is 3. The summed E-state index contributed by atoms with van der Waals surface area (Å²) < 4.78 is 4.61. The number of rotatable bonds is 5. The number of ether oxygens (including phenoxy) is 1. The zero-order valence-electron chi connectivity index (χ0n) is 10.6. The number of hydrazone groups is 1. The number of hydrogen-bond donors (Lipinski definition) is 1. The molecule has 0 saturated carbocycles. The van der Waals surface area contributed by atoms with E-state index in [2.05, 4.69) is 15.3 Å². The Balaban J connectivity index is 3.04. The van der Waals surface area contributed by atoms with Gasteiger partial charge in [-0.2, -0.15) is 10.4 Å². The zero-order chi connectivity index (χ0) is 16.0. The molecular weight excluding hydrogens is 323 g/mol. The Kier molecular flexibility index (Phi) is 5.90. The minimum absolute atomic E-state index is 0.0454. The summed E-state index contributed by atoms with van der Waals surface area (Å²) in [6, 6.07) is 3.73. The van der Waals surface area contributed by atoms with E-state index in [1.165, 1.54) is 0 Å². The van der Waals surface area contributed by atoms with Gasteiger partial charge in [0.2, 0.25) is 5.71 Å². The smallest absolute Gasteiger partial charge is 0.369 e. The van der Waals surface area contributed by atoms with Gasteiger partial charge in [-0.25, -0.2) is 4.79 Å². The van der Waals surface area contributed by atoms with Crippen LogP contribution in [0.4, 0.5) is 11.4 Å². The Morgan fingerprint density at radius 1 is 1.52 bits per heavy atom. The van der Waals surface area contributed by atoms with Crippen LogP contribution in [0.15, 0.2) is 17.2 Å². The van der Waals surface area contributed by atoms with Crippen molar-refractivity contribution in [1.82, 2.24) is 0 Å². The number of esters is 1. The Bertz CT molecular complexity index is 654. The number of benzene rings is 1. The molecule has 0 atom stereocenters. The van der Waals surface area contributed by atoms with Crippen LogP contribution in [-0.4, -0.2) is 23.2 Å². The van der Waals surface area contributed by atoms with Crippen LogP contribution in [0.3, 0.4) is 0 Å². The van der Waals surface area contributed by atoms with Crippen molar-refractivity contribution in [2.24, 2.45) is 5.10 Å². The van der Waals surface area contributed by atoms with Crippen LogP contribution in [0.2, 0.25) is 10.0 Å². The molecule has 1 rings (SSSR count). The van der Waals surface area contributed by atoms with E-state index >= 15 is 0 Å². The third kappa shape index (κ3) is 4.30. The van der Waals surface area contributed by atoms with Crippen LogP contribution in [0.25, 0.3) is 0 Å². The average molecular weight is 331 g/mol. The Hall–Kier alpha value is -2.37. The number of nitro benzene ring substituents is 1. The maximum absolute atomic E-state index is 11.3. The Labute approximate surface area is 129 Å². The van der Waals surface area contributed by atoms with Gasteiger partial charge in [-0.05, 0) is 13.0 Å². The van der Waals surface area contributed by atoms with E-state index in [4.69, 9.17) is 28.5 Å². The highest BCUT2D eigenvalue weighted by Crippen LogP contribution is 2.33. The van der Waals surface area contributed by atoms with Gasteiger partial charge in [0.05, 0.1) is 22.2 Å². The summed E-state index contributed by atoms with van der Waals surface area (Å²) in [7, 11) is 0. The SMILES string of the molecule is CCOC(=O)/C(C#N)=N/Nc1cc(Cl)c([N+](=O)[O-])cc1Cl. The largest absolute Gasteiger partial charge is 0.461 e. The van der Waals surface area contributed by atoms with Crippen LogP contribution in [0.5, 0.6) is 0 Å². The summed E-state index contributed by atoms with van der Waals surface area (Å²) >= 11 is 11.5. The van der Waals surface area contributed by atoms with E-state index in [0.29, 0.717) is 0 Å². The Morgan fingerprint density at radius 2 is 2.19 bits per heavy atom. The maximum Gasteiger partial charge on any atom is 0.369 e. The van der Waals surface area contributed by atoms with Gasteiger partial charge < -0.3 is 4.74 Å². The topological polar surface area (TPSA) is 118 Å². The average Bonchev–Trinajstić information content (AvgIpc) is 2.42. The molecule has 0 aliphatic carbocycles. The molecule has 1 aromatic carbocycles. The lowest BCUT2D eigenvalue weighted by Crippen LogP contribution is -2.17. The predicted molar refractivity (Wildman–Crippen MR) is 76.4 cm³/mol. The summed E-state index contributed by atoms with van der Waals surface area (Å²) in [5.41, 5.74) is 1.54. The number of carbonyl (C=O) groups is 1. The zero-order valence-corrected chi connectivity index (χ0v) is 12.1. The second-order valence-electron chi connectivity index (χ2n) is 3.45. The maximum atomic E-state index is 11.3. The molecule has 0 unspecified atom stereocenters. The Morgan fingerprint density at radius 3 is 2.71 bits per heavy atom. The molecule has 0 aromatic heterocycles. The number of halogens is 2. The summed E-state index contributed by atoms with van der Waals surface area (Å²) in [4.78, 5) is 21.3. The summed E-state index contributed by atoms with van der Waals surface area (Å²) in [6.07, 6.45) is 0. The van der Waals surface area contributed by atoms with Crippen LogP contribution < -0.4 is 5.43 Å². The molecule has 0 aliphatic heterocycles. The van der Waals surface area contributed by atoms with E-state index in [1.54, 1.807) is 13.0 Å². The molecule has 0 aliphatic rings. The van der Waals surface area contributed by atoms with E-state index in [0.717, 1.165) is 12.1 Å². The first-order valence-electron chi connectivity index (χ1n) is 5.45. The van der Waals surface area contributed by atoms with Gasteiger partial charge in [0, 0.05) is 6.07 Å². The molecule has 10 heteroatoms. The molecule has 21 heavy (non-hydrogen) atoms. The fourth-order valence-electron chi connectivity index (χ4n) is 1.19. The molecule has 1 N–H and O–H groups in total. The summed E-state index contributed by atoms with van der Waals surface area (Å²) in [5, 5.41) is 22.8. The molecule has 110 valence electrons. The van der Waals surface area contributed by atoms with Crippen molar-refractivity contribution in [1.29, 1.82) is 5.26 Å². The van der Waals surface area contributed by atoms with Gasteiger partial charge >= 0.3 is 5.97 Å². The first-order valence-corrected chi connectivity index (χ1v) is 6.20. The highest BCUT2D eigenvalue weighted by molar-refractivity contribution is 6.43. The van der Waals surface area contributed by atoms with Crippen molar-refractivity contribution < 1.29 is 14.5 Å². The van der Waals surface area contributed by atoms with Gasteiger partial charge in [-0.15, -0.1) is 0 Å². The van der Waals surface area contributed by atoms with Crippen molar-refractivity contribution in [3.05, 3.63) is 32.3 Å². The fraction of sp³-hybridized carbons (Fsp3) is 0.182. The third-order valence-electron chi connectivity index (χ3n) is 2.10. The molecule has 0 spiro atoms. The quantitative estimate of drug-likeness (QED) is 0.384. The molecule has 0 amide bonds. The summed E-state index contributed by atoms with van der Waals surface area (Å²) in [6.45, 7) is 1.66. The fourth-order valence-corrected chi connectivity index (χ4v) is 1.63. The molecule has 0 radical (unpaired) electrons. The van der Waals surface area contributed by atoms with Gasteiger partial charge in [0.25, 0.3) is 5.69 Å². The van der Waals surface area contributed by atoms with Crippen LogP contribution in [0.1, 0.15) is 6.92 Å². The van der Waals surface area contributed by atoms with Crippen molar-refractivity contribution >= 4 is 46.3 Å². The highest BCUT2D eigenvalue weighted by Gasteiger charge is 2.17. The normalized spacial score (nSPS) is 10.7. The van der Waals surface area contributed by atoms with Gasteiger partial charge in [-0.1, -0.05) is 23.2 Å². The lowest BCUT2D eigenvalue weighted by molar-refractivity contribution is -0.384. The highest BCUT2D eigenvalue weighted by atomic mass is 35.5. The number of nitrogens with one attached hydrogen (secondary N) is 1. The van der Waals surface area contributed by atoms with Crippen molar-refractivity contribution in [3.63, 3.8) is 0 Å². The first kappa shape index (κ1) is 16.7. The summed E-state index contributed by atoms with van der Waals surface area (Å²) in [5.74, 6) is -0.906. The van der Waals surface area contributed by atoms with Gasteiger partial charge in [0.1, 0.15) is 11.1 Å². The van der Waals surface area contributed by atoms with Crippen molar-refractivity contribution in [3.8, 4) is 6.07 Å². The molecule has 0 saturated heterocycles. The third-order valence-corrected chi connectivity index (χ3v) is 2.71. The number of carbonyl (C=O) groups excluding carboxylic acids is 1. The molecule has 8 nitrogen and oxygen atoms in total. The molecule has 0 bridgehead atoms. The van der Waals surface area contributed by atoms with Crippen LogP contribution >= 0.6 is 23.2 Å². The van der Waals surface area contributed by atoms with E-state index in [9.17, 15) is 14.9 Å². The minimum Gasteiger partial charge on any atom is -0.461 e. The van der Waals surface area contributed by atoms with E-state index in [1.807, 2.05) is 0 Å². The molecule has 1 aromatic rings. The van der Waals surface area contributed by atoms with Gasteiger partial charge in [-0.3, -0.25) is 15.5 Å². The number of nitriles is 1.